The first-order valence-electron chi connectivity index (χ1n) is 7.27. The predicted molar refractivity (Wildman–Crippen MR) is 71.4 cm³/mol. The number of nitrogens with one attached hydrogen (secondary N) is 1. The molecular formula is C14H26N2O2. The highest BCUT2D eigenvalue weighted by atomic mass is 16.5. The fourth-order valence-electron chi connectivity index (χ4n) is 2.88. The monoisotopic (exact) mass is 254 g/mol. The maximum absolute atomic E-state index is 12.5. The van der Waals surface area contributed by atoms with E-state index in [1.54, 1.807) is 0 Å². The van der Waals surface area contributed by atoms with Gasteiger partial charge in [0.15, 0.2) is 0 Å². The molecule has 2 aliphatic heterocycles. The van der Waals surface area contributed by atoms with E-state index in [2.05, 4.69) is 24.1 Å². The van der Waals surface area contributed by atoms with Crippen LogP contribution in [0.1, 0.15) is 33.1 Å². The summed E-state index contributed by atoms with van der Waals surface area (Å²) in [5, 5.41) is 3.42. The van der Waals surface area contributed by atoms with Crippen LogP contribution < -0.4 is 5.32 Å². The lowest BCUT2D eigenvalue weighted by Gasteiger charge is -2.34. The van der Waals surface area contributed by atoms with Crippen molar-refractivity contribution in [2.75, 3.05) is 32.8 Å². The van der Waals surface area contributed by atoms with Gasteiger partial charge in [0.25, 0.3) is 0 Å². The molecule has 1 amide bonds. The molecule has 0 aromatic carbocycles. The molecule has 0 aromatic rings. The van der Waals surface area contributed by atoms with Gasteiger partial charge in [0.05, 0.1) is 12.5 Å². The third-order valence-corrected chi connectivity index (χ3v) is 4.04. The van der Waals surface area contributed by atoms with Gasteiger partial charge in [-0.2, -0.15) is 0 Å². The minimum absolute atomic E-state index is 0.101. The second-order valence-corrected chi connectivity index (χ2v) is 5.86. The Morgan fingerprint density at radius 1 is 1.44 bits per heavy atom. The fraction of sp³-hybridized carbons (Fsp3) is 0.929. The zero-order valence-electron chi connectivity index (χ0n) is 11.7. The Kier molecular flexibility index (Phi) is 5.01. The molecule has 0 saturated carbocycles. The van der Waals surface area contributed by atoms with Crippen molar-refractivity contribution in [1.82, 2.24) is 10.2 Å². The fourth-order valence-corrected chi connectivity index (χ4v) is 2.88. The van der Waals surface area contributed by atoms with E-state index >= 15 is 0 Å². The van der Waals surface area contributed by atoms with Crippen molar-refractivity contribution in [2.24, 2.45) is 11.8 Å². The lowest BCUT2D eigenvalue weighted by atomic mass is 9.97. The van der Waals surface area contributed by atoms with Crippen molar-refractivity contribution in [3.05, 3.63) is 0 Å². The van der Waals surface area contributed by atoms with Crippen LogP contribution in [0.15, 0.2) is 0 Å². The van der Waals surface area contributed by atoms with E-state index in [0.717, 1.165) is 32.7 Å². The minimum atomic E-state index is 0.101. The number of rotatable bonds is 4. The normalized spacial score (nSPS) is 28.6. The van der Waals surface area contributed by atoms with E-state index in [4.69, 9.17) is 4.74 Å². The summed E-state index contributed by atoms with van der Waals surface area (Å²) in [6, 6.07) is 0.292. The first kappa shape index (κ1) is 13.8. The summed E-state index contributed by atoms with van der Waals surface area (Å²) in [7, 11) is 0. The molecule has 2 heterocycles. The van der Waals surface area contributed by atoms with Gasteiger partial charge in [0.2, 0.25) is 5.91 Å². The van der Waals surface area contributed by atoms with Crippen LogP contribution in [-0.2, 0) is 9.53 Å². The van der Waals surface area contributed by atoms with Crippen LogP contribution in [0.2, 0.25) is 0 Å². The summed E-state index contributed by atoms with van der Waals surface area (Å²) in [5.74, 6) is 1.02. The van der Waals surface area contributed by atoms with Gasteiger partial charge in [-0.1, -0.05) is 0 Å². The Balaban J connectivity index is 1.91. The highest BCUT2D eigenvalue weighted by Crippen LogP contribution is 2.20. The number of hydrogen-bond donors (Lipinski definition) is 1. The SMILES string of the molecule is CC(C)N(CC1CCCNC1)C(=O)C1CCOC1. The van der Waals surface area contributed by atoms with Crippen LogP contribution >= 0.6 is 0 Å². The topological polar surface area (TPSA) is 41.6 Å². The van der Waals surface area contributed by atoms with Crippen molar-refractivity contribution in [2.45, 2.75) is 39.2 Å². The van der Waals surface area contributed by atoms with Crippen LogP contribution in [0, 0.1) is 11.8 Å². The van der Waals surface area contributed by atoms with Gasteiger partial charge in [0.1, 0.15) is 0 Å². The average molecular weight is 254 g/mol. The smallest absolute Gasteiger partial charge is 0.228 e. The first-order chi connectivity index (χ1) is 8.68. The summed E-state index contributed by atoms with van der Waals surface area (Å²) < 4.78 is 5.34. The maximum atomic E-state index is 12.5. The molecule has 0 aliphatic carbocycles. The Hall–Kier alpha value is -0.610. The molecule has 2 rings (SSSR count). The minimum Gasteiger partial charge on any atom is -0.381 e. The van der Waals surface area contributed by atoms with Crippen molar-refractivity contribution in [3.8, 4) is 0 Å². The van der Waals surface area contributed by atoms with Gasteiger partial charge in [0, 0.05) is 19.2 Å². The average Bonchev–Trinajstić information content (AvgIpc) is 2.90. The molecule has 2 saturated heterocycles. The van der Waals surface area contributed by atoms with E-state index in [0.29, 0.717) is 24.5 Å². The Labute approximate surface area is 110 Å². The summed E-state index contributed by atoms with van der Waals surface area (Å²) in [5.41, 5.74) is 0. The number of hydrogen-bond acceptors (Lipinski definition) is 3. The number of piperidine rings is 1. The molecule has 4 nitrogen and oxygen atoms in total. The lowest BCUT2D eigenvalue weighted by molar-refractivity contribution is -0.138. The molecule has 0 spiro atoms. The quantitative estimate of drug-likeness (QED) is 0.821. The first-order valence-corrected chi connectivity index (χ1v) is 7.27. The summed E-state index contributed by atoms with van der Waals surface area (Å²) in [4.78, 5) is 14.6. The van der Waals surface area contributed by atoms with Gasteiger partial charge in [-0.05, 0) is 52.1 Å². The Morgan fingerprint density at radius 2 is 2.28 bits per heavy atom. The Bertz CT molecular complexity index is 269. The van der Waals surface area contributed by atoms with Gasteiger partial charge in [-0.15, -0.1) is 0 Å². The maximum Gasteiger partial charge on any atom is 0.228 e. The highest BCUT2D eigenvalue weighted by molar-refractivity contribution is 5.79. The second-order valence-electron chi connectivity index (χ2n) is 5.86. The van der Waals surface area contributed by atoms with E-state index in [1.165, 1.54) is 12.8 Å². The number of carbonyl (C=O) groups is 1. The second kappa shape index (κ2) is 6.53. The van der Waals surface area contributed by atoms with Crippen molar-refractivity contribution in [1.29, 1.82) is 0 Å². The third kappa shape index (κ3) is 3.45. The van der Waals surface area contributed by atoms with Gasteiger partial charge >= 0.3 is 0 Å². The number of nitrogens with zero attached hydrogens (tertiary/aromatic N) is 1. The number of ether oxygens (including phenoxy) is 1. The van der Waals surface area contributed by atoms with Crippen LogP contribution in [0.5, 0.6) is 0 Å². The van der Waals surface area contributed by atoms with Crippen molar-refractivity contribution >= 4 is 5.91 Å². The lowest BCUT2D eigenvalue weighted by Crippen LogP contribution is -2.46. The zero-order valence-corrected chi connectivity index (χ0v) is 11.7. The molecule has 1 N–H and O–H groups in total. The van der Waals surface area contributed by atoms with Gasteiger partial charge < -0.3 is 15.0 Å². The van der Waals surface area contributed by atoms with Gasteiger partial charge in [-0.25, -0.2) is 0 Å². The van der Waals surface area contributed by atoms with Crippen LogP contribution in [-0.4, -0.2) is 49.7 Å². The molecule has 18 heavy (non-hydrogen) atoms. The largest absolute Gasteiger partial charge is 0.381 e. The zero-order chi connectivity index (χ0) is 13.0. The number of amides is 1. The molecule has 2 aliphatic rings. The van der Waals surface area contributed by atoms with Crippen LogP contribution in [0.3, 0.4) is 0 Å². The van der Waals surface area contributed by atoms with E-state index in [-0.39, 0.29) is 5.92 Å². The molecular weight excluding hydrogens is 228 g/mol. The molecule has 0 bridgehead atoms. The molecule has 104 valence electrons. The molecule has 0 aromatic heterocycles. The van der Waals surface area contributed by atoms with Crippen molar-refractivity contribution in [3.63, 3.8) is 0 Å². The molecule has 2 fully saturated rings. The molecule has 4 heteroatoms. The van der Waals surface area contributed by atoms with E-state index in [9.17, 15) is 4.79 Å². The number of carbonyl (C=O) groups excluding carboxylic acids is 1. The summed E-state index contributed by atoms with van der Waals surface area (Å²) in [6.07, 6.45) is 3.37. The molecule has 2 unspecified atom stereocenters. The van der Waals surface area contributed by atoms with Crippen molar-refractivity contribution < 1.29 is 9.53 Å². The standard InChI is InChI=1S/C14H26N2O2/c1-11(2)16(9-12-4-3-6-15-8-12)14(17)13-5-7-18-10-13/h11-13,15H,3-10H2,1-2H3. The van der Waals surface area contributed by atoms with Gasteiger partial charge in [-0.3, -0.25) is 4.79 Å². The van der Waals surface area contributed by atoms with Crippen LogP contribution in [0.25, 0.3) is 0 Å². The third-order valence-electron chi connectivity index (χ3n) is 4.04. The van der Waals surface area contributed by atoms with E-state index < -0.39 is 0 Å². The van der Waals surface area contributed by atoms with Crippen LogP contribution in [0.4, 0.5) is 0 Å². The van der Waals surface area contributed by atoms with E-state index in [1.807, 2.05) is 0 Å². The summed E-state index contributed by atoms with van der Waals surface area (Å²) in [6.45, 7) is 8.67. The molecule has 2 atom stereocenters. The molecule has 0 radical (unpaired) electrons. The Morgan fingerprint density at radius 3 is 2.83 bits per heavy atom. The summed E-state index contributed by atoms with van der Waals surface area (Å²) >= 11 is 0. The highest BCUT2D eigenvalue weighted by Gasteiger charge is 2.30. The predicted octanol–water partition coefficient (Wildman–Crippen LogP) is 1.26.